The monoisotopic (exact) mass is 310 g/mol. The molecular weight excluding hydrogens is 299 g/mol. The van der Waals surface area contributed by atoms with Gasteiger partial charge in [-0.1, -0.05) is 6.07 Å². The number of benzene rings is 1. The van der Waals surface area contributed by atoms with Crippen LogP contribution in [0, 0.1) is 12.7 Å². The SMILES string of the molecule is Cc1ccc(Oc2nccc(CN)c2F)c(Br)c1. The molecule has 2 rings (SSSR count). The molecule has 1 aromatic heterocycles. The van der Waals surface area contributed by atoms with Crippen molar-refractivity contribution in [1.82, 2.24) is 4.98 Å². The van der Waals surface area contributed by atoms with Crippen molar-refractivity contribution >= 4 is 15.9 Å². The van der Waals surface area contributed by atoms with Crippen molar-refractivity contribution < 1.29 is 9.13 Å². The lowest BCUT2D eigenvalue weighted by Crippen LogP contribution is -2.02. The van der Waals surface area contributed by atoms with E-state index in [1.165, 1.54) is 12.3 Å². The molecule has 0 saturated carbocycles. The number of pyridine rings is 1. The molecule has 0 unspecified atom stereocenters. The van der Waals surface area contributed by atoms with Gasteiger partial charge in [-0.05, 0) is 46.6 Å². The number of nitrogens with zero attached hydrogens (tertiary/aromatic N) is 1. The van der Waals surface area contributed by atoms with Crippen LogP contribution in [-0.4, -0.2) is 4.98 Å². The van der Waals surface area contributed by atoms with E-state index >= 15 is 0 Å². The van der Waals surface area contributed by atoms with Gasteiger partial charge in [-0.25, -0.2) is 9.37 Å². The number of hydrogen-bond donors (Lipinski definition) is 1. The largest absolute Gasteiger partial charge is 0.435 e. The number of ether oxygens (including phenoxy) is 1. The number of halogens is 2. The summed E-state index contributed by atoms with van der Waals surface area (Å²) in [4.78, 5) is 3.87. The highest BCUT2D eigenvalue weighted by Gasteiger charge is 2.12. The van der Waals surface area contributed by atoms with E-state index in [9.17, 15) is 4.39 Å². The van der Waals surface area contributed by atoms with E-state index in [1.807, 2.05) is 19.1 Å². The maximum atomic E-state index is 13.9. The number of nitrogens with two attached hydrogens (primary N) is 1. The van der Waals surface area contributed by atoms with Crippen LogP contribution < -0.4 is 10.5 Å². The van der Waals surface area contributed by atoms with E-state index in [4.69, 9.17) is 10.5 Å². The zero-order valence-corrected chi connectivity index (χ0v) is 11.4. The first kappa shape index (κ1) is 13.0. The Balaban J connectivity index is 2.34. The number of hydrogen-bond acceptors (Lipinski definition) is 3. The Kier molecular flexibility index (Phi) is 3.93. The third kappa shape index (κ3) is 2.68. The molecule has 0 fully saturated rings. The van der Waals surface area contributed by atoms with Crippen LogP contribution in [0.1, 0.15) is 11.1 Å². The van der Waals surface area contributed by atoms with E-state index in [2.05, 4.69) is 20.9 Å². The summed E-state index contributed by atoms with van der Waals surface area (Å²) in [5.74, 6) is -0.0730. The average molecular weight is 311 g/mol. The minimum Gasteiger partial charge on any atom is -0.435 e. The fraction of sp³-hybridized carbons (Fsp3) is 0.154. The van der Waals surface area contributed by atoms with Crippen LogP contribution in [0.5, 0.6) is 11.6 Å². The van der Waals surface area contributed by atoms with Crippen molar-refractivity contribution in [2.75, 3.05) is 0 Å². The van der Waals surface area contributed by atoms with Crippen molar-refractivity contribution in [3.05, 3.63) is 51.9 Å². The van der Waals surface area contributed by atoms with Gasteiger partial charge in [0.1, 0.15) is 5.75 Å². The summed E-state index contributed by atoms with van der Waals surface area (Å²) < 4.78 is 20.1. The Bertz CT molecular complexity index is 575. The highest BCUT2D eigenvalue weighted by Crippen LogP contribution is 2.31. The predicted octanol–water partition coefficient (Wildman–Crippen LogP) is 3.54. The van der Waals surface area contributed by atoms with Crippen LogP contribution in [0.3, 0.4) is 0 Å². The molecule has 0 aliphatic heterocycles. The Morgan fingerprint density at radius 3 is 2.83 bits per heavy atom. The first-order valence-corrected chi connectivity index (χ1v) is 6.18. The van der Waals surface area contributed by atoms with E-state index in [0.29, 0.717) is 11.3 Å². The van der Waals surface area contributed by atoms with Gasteiger partial charge in [-0.3, -0.25) is 0 Å². The first-order chi connectivity index (χ1) is 8.61. The number of aryl methyl sites for hydroxylation is 1. The summed E-state index contributed by atoms with van der Waals surface area (Å²) in [6.07, 6.45) is 1.47. The van der Waals surface area contributed by atoms with Crippen LogP contribution in [0.25, 0.3) is 0 Å². The van der Waals surface area contributed by atoms with Crippen LogP contribution in [0.2, 0.25) is 0 Å². The lowest BCUT2D eigenvalue weighted by Gasteiger charge is -2.09. The zero-order valence-electron chi connectivity index (χ0n) is 9.78. The van der Waals surface area contributed by atoms with Gasteiger partial charge in [0.05, 0.1) is 4.47 Å². The number of rotatable bonds is 3. The van der Waals surface area contributed by atoms with Gasteiger partial charge >= 0.3 is 0 Å². The van der Waals surface area contributed by atoms with Gasteiger partial charge in [0.2, 0.25) is 0 Å². The van der Waals surface area contributed by atoms with E-state index in [1.54, 1.807) is 6.07 Å². The number of aromatic nitrogens is 1. The molecule has 1 heterocycles. The Hall–Kier alpha value is -1.46. The molecule has 5 heteroatoms. The normalized spacial score (nSPS) is 10.4. The van der Waals surface area contributed by atoms with Crippen LogP contribution in [-0.2, 0) is 6.54 Å². The molecular formula is C13H12BrFN2O. The molecule has 0 atom stereocenters. The smallest absolute Gasteiger partial charge is 0.256 e. The van der Waals surface area contributed by atoms with E-state index in [-0.39, 0.29) is 12.4 Å². The van der Waals surface area contributed by atoms with Gasteiger partial charge in [0.25, 0.3) is 5.88 Å². The summed E-state index contributed by atoms with van der Waals surface area (Å²) >= 11 is 3.36. The molecule has 94 valence electrons. The van der Waals surface area contributed by atoms with Gasteiger partial charge in [-0.15, -0.1) is 0 Å². The van der Waals surface area contributed by atoms with Crippen molar-refractivity contribution in [3.8, 4) is 11.6 Å². The molecule has 0 aliphatic rings. The Labute approximate surface area is 113 Å². The highest BCUT2D eigenvalue weighted by atomic mass is 79.9. The van der Waals surface area contributed by atoms with Crippen molar-refractivity contribution in [2.45, 2.75) is 13.5 Å². The molecule has 2 N–H and O–H groups in total. The summed E-state index contributed by atoms with van der Waals surface area (Å²) in [7, 11) is 0. The van der Waals surface area contributed by atoms with Crippen molar-refractivity contribution in [3.63, 3.8) is 0 Å². The standard InChI is InChI=1S/C13H12BrFN2O/c1-8-2-3-11(10(14)6-8)18-13-12(15)9(7-16)4-5-17-13/h2-6H,7,16H2,1H3. The summed E-state index contributed by atoms with van der Waals surface area (Å²) in [6.45, 7) is 2.07. The molecule has 2 aromatic rings. The molecule has 18 heavy (non-hydrogen) atoms. The fourth-order valence-corrected chi connectivity index (χ4v) is 2.06. The predicted molar refractivity (Wildman–Crippen MR) is 71.0 cm³/mol. The zero-order chi connectivity index (χ0) is 13.1. The topological polar surface area (TPSA) is 48.1 Å². The van der Waals surface area contributed by atoms with Gasteiger partial charge < -0.3 is 10.5 Å². The lowest BCUT2D eigenvalue weighted by molar-refractivity contribution is 0.417. The third-order valence-electron chi connectivity index (χ3n) is 2.45. The molecule has 0 aliphatic carbocycles. The molecule has 1 aromatic carbocycles. The van der Waals surface area contributed by atoms with Gasteiger partial charge in [0, 0.05) is 18.3 Å². The summed E-state index contributed by atoms with van der Waals surface area (Å²) in [5, 5.41) is 0. The Morgan fingerprint density at radius 1 is 1.39 bits per heavy atom. The maximum absolute atomic E-state index is 13.9. The average Bonchev–Trinajstić information content (AvgIpc) is 2.35. The molecule has 0 bridgehead atoms. The maximum Gasteiger partial charge on any atom is 0.256 e. The van der Waals surface area contributed by atoms with Crippen molar-refractivity contribution in [2.24, 2.45) is 5.73 Å². The molecule has 0 spiro atoms. The van der Waals surface area contributed by atoms with Crippen molar-refractivity contribution in [1.29, 1.82) is 0 Å². The van der Waals surface area contributed by atoms with Gasteiger partial charge in [0.15, 0.2) is 5.82 Å². The second-order valence-corrected chi connectivity index (χ2v) is 4.68. The highest BCUT2D eigenvalue weighted by molar-refractivity contribution is 9.10. The summed E-state index contributed by atoms with van der Waals surface area (Å²) in [6, 6.07) is 7.06. The van der Waals surface area contributed by atoms with E-state index in [0.717, 1.165) is 10.0 Å². The summed E-state index contributed by atoms with van der Waals surface area (Å²) in [5.41, 5.74) is 6.89. The van der Waals surface area contributed by atoms with Crippen LogP contribution >= 0.6 is 15.9 Å². The second-order valence-electron chi connectivity index (χ2n) is 3.83. The Morgan fingerprint density at radius 2 is 2.17 bits per heavy atom. The molecule has 3 nitrogen and oxygen atoms in total. The second kappa shape index (κ2) is 5.46. The third-order valence-corrected chi connectivity index (χ3v) is 3.07. The molecule has 0 amide bonds. The van der Waals surface area contributed by atoms with E-state index < -0.39 is 5.82 Å². The molecule has 0 saturated heterocycles. The van der Waals surface area contributed by atoms with Gasteiger partial charge in [-0.2, -0.15) is 0 Å². The lowest BCUT2D eigenvalue weighted by atomic mass is 10.2. The van der Waals surface area contributed by atoms with Crippen LogP contribution in [0.15, 0.2) is 34.9 Å². The van der Waals surface area contributed by atoms with Crippen LogP contribution in [0.4, 0.5) is 4.39 Å². The molecule has 0 radical (unpaired) electrons. The first-order valence-electron chi connectivity index (χ1n) is 5.39. The quantitative estimate of drug-likeness (QED) is 0.943. The minimum absolute atomic E-state index is 0.0671. The minimum atomic E-state index is -0.521. The fourth-order valence-electron chi connectivity index (χ4n) is 1.48.